The molecule has 6 heteroatoms. The molecule has 0 unspecified atom stereocenters. The molecule has 20 heavy (non-hydrogen) atoms. The van der Waals surface area contributed by atoms with Crippen LogP contribution in [0.25, 0.3) is 0 Å². The molecule has 1 heterocycles. The fraction of sp³-hybridized carbons (Fsp3) is 0.500. The maximum absolute atomic E-state index is 12.4. The van der Waals surface area contributed by atoms with Crippen LogP contribution in [0.2, 0.25) is 0 Å². The molecular weight excluding hydrogens is 276 g/mol. The standard InChI is InChI=1S/C14H20N2O3S/c1-11(2)15-14(17)12-6-5-7-13(10-12)20(18,19)16-8-3-4-9-16/h5-7,10-11H,3-4,8-9H2,1-2H3,(H,15,17). The molecule has 2 rings (SSSR count). The highest BCUT2D eigenvalue weighted by Gasteiger charge is 2.27. The van der Waals surface area contributed by atoms with Gasteiger partial charge in [0.25, 0.3) is 5.91 Å². The molecule has 0 saturated carbocycles. The van der Waals surface area contributed by atoms with Crippen molar-refractivity contribution >= 4 is 15.9 Å². The van der Waals surface area contributed by atoms with Crippen LogP contribution in [0.1, 0.15) is 37.0 Å². The van der Waals surface area contributed by atoms with Gasteiger partial charge in [-0.2, -0.15) is 4.31 Å². The zero-order chi connectivity index (χ0) is 14.8. The van der Waals surface area contributed by atoms with Crippen LogP contribution in [0.4, 0.5) is 0 Å². The molecule has 1 N–H and O–H groups in total. The molecule has 0 spiro atoms. The number of carbonyl (C=O) groups is 1. The number of rotatable bonds is 4. The Morgan fingerprint density at radius 3 is 2.50 bits per heavy atom. The van der Waals surface area contributed by atoms with E-state index in [-0.39, 0.29) is 16.8 Å². The molecule has 110 valence electrons. The first kappa shape index (κ1) is 15.0. The van der Waals surface area contributed by atoms with Crippen LogP contribution >= 0.6 is 0 Å². The van der Waals surface area contributed by atoms with Gasteiger partial charge < -0.3 is 5.32 Å². The number of amides is 1. The first-order valence-electron chi connectivity index (χ1n) is 6.82. The summed E-state index contributed by atoms with van der Waals surface area (Å²) >= 11 is 0. The maximum atomic E-state index is 12.4. The molecule has 5 nitrogen and oxygen atoms in total. The second-order valence-electron chi connectivity index (χ2n) is 5.27. The van der Waals surface area contributed by atoms with E-state index in [2.05, 4.69) is 5.32 Å². The van der Waals surface area contributed by atoms with Gasteiger partial charge >= 0.3 is 0 Å². The van der Waals surface area contributed by atoms with Gasteiger partial charge in [-0.05, 0) is 44.9 Å². The number of benzene rings is 1. The van der Waals surface area contributed by atoms with E-state index in [0.717, 1.165) is 12.8 Å². The monoisotopic (exact) mass is 296 g/mol. The Labute approximate surface area is 120 Å². The Morgan fingerprint density at radius 2 is 1.90 bits per heavy atom. The average Bonchev–Trinajstić information content (AvgIpc) is 2.92. The third kappa shape index (κ3) is 3.19. The van der Waals surface area contributed by atoms with Crippen molar-refractivity contribution in [1.82, 2.24) is 9.62 Å². The topological polar surface area (TPSA) is 66.5 Å². The summed E-state index contributed by atoms with van der Waals surface area (Å²) < 4.78 is 26.3. The summed E-state index contributed by atoms with van der Waals surface area (Å²) in [6, 6.07) is 6.24. The molecule has 1 aromatic carbocycles. The third-order valence-electron chi connectivity index (χ3n) is 3.22. The Bertz CT molecular complexity index is 590. The Morgan fingerprint density at radius 1 is 1.25 bits per heavy atom. The Kier molecular flexibility index (Phi) is 4.45. The Hall–Kier alpha value is -1.40. The molecule has 1 aliphatic rings. The van der Waals surface area contributed by atoms with Crippen LogP contribution in [0.15, 0.2) is 29.2 Å². The lowest BCUT2D eigenvalue weighted by Crippen LogP contribution is -2.31. The van der Waals surface area contributed by atoms with Gasteiger partial charge in [-0.25, -0.2) is 8.42 Å². The summed E-state index contributed by atoms with van der Waals surface area (Å²) in [7, 11) is -3.47. The van der Waals surface area contributed by atoms with Gasteiger partial charge in [0.2, 0.25) is 10.0 Å². The zero-order valence-corrected chi connectivity index (χ0v) is 12.6. The third-order valence-corrected chi connectivity index (χ3v) is 5.11. The zero-order valence-electron chi connectivity index (χ0n) is 11.8. The van der Waals surface area contributed by atoms with Crippen molar-refractivity contribution in [2.24, 2.45) is 0 Å². The van der Waals surface area contributed by atoms with Gasteiger partial charge in [0.05, 0.1) is 4.90 Å². The highest BCUT2D eigenvalue weighted by Crippen LogP contribution is 2.21. The lowest BCUT2D eigenvalue weighted by atomic mass is 10.2. The molecule has 0 radical (unpaired) electrons. The van der Waals surface area contributed by atoms with E-state index < -0.39 is 10.0 Å². The first-order valence-corrected chi connectivity index (χ1v) is 8.26. The van der Waals surface area contributed by atoms with Crippen LogP contribution in [-0.2, 0) is 10.0 Å². The van der Waals surface area contributed by atoms with Crippen molar-refractivity contribution in [3.8, 4) is 0 Å². The van der Waals surface area contributed by atoms with Crippen LogP contribution in [-0.4, -0.2) is 37.8 Å². The average molecular weight is 296 g/mol. The molecular formula is C14H20N2O3S. The lowest BCUT2D eigenvalue weighted by molar-refractivity contribution is 0.0943. The second kappa shape index (κ2) is 5.93. The number of hydrogen-bond acceptors (Lipinski definition) is 3. The Balaban J connectivity index is 2.27. The van der Waals surface area contributed by atoms with Gasteiger partial charge in [0.15, 0.2) is 0 Å². The van der Waals surface area contributed by atoms with E-state index >= 15 is 0 Å². The van der Waals surface area contributed by atoms with E-state index in [1.807, 2.05) is 13.8 Å². The largest absolute Gasteiger partial charge is 0.350 e. The number of nitrogens with zero attached hydrogens (tertiary/aromatic N) is 1. The molecule has 0 aromatic heterocycles. The summed E-state index contributed by atoms with van der Waals surface area (Å²) in [5.41, 5.74) is 0.374. The fourth-order valence-corrected chi connectivity index (χ4v) is 3.78. The van der Waals surface area contributed by atoms with Crippen LogP contribution in [0.3, 0.4) is 0 Å². The van der Waals surface area contributed by atoms with Gasteiger partial charge in [0.1, 0.15) is 0 Å². The van der Waals surface area contributed by atoms with Crippen LogP contribution < -0.4 is 5.32 Å². The van der Waals surface area contributed by atoms with Crippen molar-refractivity contribution in [3.63, 3.8) is 0 Å². The van der Waals surface area contributed by atoms with Crippen molar-refractivity contribution in [2.45, 2.75) is 37.6 Å². The molecule has 1 saturated heterocycles. The minimum absolute atomic E-state index is 0.0151. The number of sulfonamides is 1. The van der Waals surface area contributed by atoms with Crippen molar-refractivity contribution in [1.29, 1.82) is 0 Å². The predicted molar refractivity (Wildman–Crippen MR) is 77.0 cm³/mol. The highest BCUT2D eigenvalue weighted by atomic mass is 32.2. The van der Waals surface area contributed by atoms with Crippen molar-refractivity contribution < 1.29 is 13.2 Å². The molecule has 0 atom stereocenters. The number of carbonyl (C=O) groups excluding carboxylic acids is 1. The molecule has 1 aromatic rings. The van der Waals surface area contributed by atoms with Gasteiger partial charge in [-0.3, -0.25) is 4.79 Å². The summed E-state index contributed by atoms with van der Waals surface area (Å²) in [6.45, 7) is 4.85. The van der Waals surface area contributed by atoms with Gasteiger partial charge in [-0.1, -0.05) is 6.07 Å². The molecule has 0 bridgehead atoms. The van der Waals surface area contributed by atoms with Gasteiger partial charge in [-0.15, -0.1) is 0 Å². The van der Waals surface area contributed by atoms with Crippen LogP contribution in [0.5, 0.6) is 0 Å². The van der Waals surface area contributed by atoms with E-state index in [1.54, 1.807) is 18.2 Å². The number of nitrogens with one attached hydrogen (secondary N) is 1. The molecule has 1 fully saturated rings. The second-order valence-corrected chi connectivity index (χ2v) is 7.21. The van der Waals surface area contributed by atoms with Crippen LogP contribution in [0, 0.1) is 0 Å². The summed E-state index contributed by atoms with van der Waals surface area (Å²) in [6.07, 6.45) is 1.79. The van der Waals surface area contributed by atoms with Gasteiger partial charge in [0, 0.05) is 24.7 Å². The highest BCUT2D eigenvalue weighted by molar-refractivity contribution is 7.89. The maximum Gasteiger partial charge on any atom is 0.251 e. The quantitative estimate of drug-likeness (QED) is 0.918. The molecule has 1 aliphatic heterocycles. The first-order chi connectivity index (χ1) is 9.41. The lowest BCUT2D eigenvalue weighted by Gasteiger charge is -2.16. The smallest absolute Gasteiger partial charge is 0.251 e. The van der Waals surface area contributed by atoms with Crippen molar-refractivity contribution in [2.75, 3.05) is 13.1 Å². The number of hydrogen-bond donors (Lipinski definition) is 1. The van der Waals surface area contributed by atoms with E-state index in [4.69, 9.17) is 0 Å². The summed E-state index contributed by atoms with van der Waals surface area (Å²) in [4.78, 5) is 12.1. The van der Waals surface area contributed by atoms with E-state index in [9.17, 15) is 13.2 Å². The summed E-state index contributed by atoms with van der Waals surface area (Å²) in [5, 5.41) is 2.76. The normalized spacial score (nSPS) is 16.6. The molecule has 0 aliphatic carbocycles. The van der Waals surface area contributed by atoms with E-state index in [0.29, 0.717) is 18.7 Å². The van der Waals surface area contributed by atoms with Crippen molar-refractivity contribution in [3.05, 3.63) is 29.8 Å². The van der Waals surface area contributed by atoms with E-state index in [1.165, 1.54) is 10.4 Å². The SMILES string of the molecule is CC(C)NC(=O)c1cccc(S(=O)(=O)N2CCCC2)c1. The summed E-state index contributed by atoms with van der Waals surface area (Å²) in [5.74, 6) is -0.251. The minimum Gasteiger partial charge on any atom is -0.350 e. The predicted octanol–water partition coefficient (Wildman–Crippen LogP) is 1.61. The minimum atomic E-state index is -3.47. The molecule has 1 amide bonds. The fourth-order valence-electron chi connectivity index (χ4n) is 2.22.